The smallest absolute Gasteiger partial charge is 0.269 e. The number of nitrogens with one attached hydrogen (secondary N) is 1. The van der Waals surface area contributed by atoms with E-state index < -0.39 is 0 Å². The van der Waals surface area contributed by atoms with E-state index in [0.717, 1.165) is 37.5 Å². The Labute approximate surface area is 120 Å². The molecule has 1 atom stereocenters. The van der Waals surface area contributed by atoms with E-state index in [1.807, 2.05) is 12.1 Å². The molecule has 0 spiro atoms. The number of hydrogen-bond donors (Lipinski definition) is 1. The first kappa shape index (κ1) is 14.9. The summed E-state index contributed by atoms with van der Waals surface area (Å²) in [5.41, 5.74) is 1.30. The van der Waals surface area contributed by atoms with Gasteiger partial charge in [-0.3, -0.25) is 10.1 Å². The second-order valence-electron chi connectivity index (χ2n) is 5.43. The largest absolute Gasteiger partial charge is 0.316 e. The van der Waals surface area contributed by atoms with Crippen molar-refractivity contribution in [2.45, 2.75) is 19.8 Å². The van der Waals surface area contributed by atoms with Gasteiger partial charge in [0.2, 0.25) is 0 Å². The number of nitro groups is 1. The Morgan fingerprint density at radius 3 is 2.75 bits per heavy atom. The number of rotatable bonds is 7. The van der Waals surface area contributed by atoms with Crippen molar-refractivity contribution in [2.75, 3.05) is 32.7 Å². The maximum atomic E-state index is 10.6. The van der Waals surface area contributed by atoms with Gasteiger partial charge in [0, 0.05) is 18.7 Å². The Morgan fingerprint density at radius 2 is 2.15 bits per heavy atom. The molecule has 1 aromatic carbocycles. The normalized spacial score (nSPS) is 19.4. The van der Waals surface area contributed by atoms with Crippen LogP contribution in [-0.2, 0) is 6.42 Å². The van der Waals surface area contributed by atoms with Gasteiger partial charge in [0.05, 0.1) is 4.92 Å². The van der Waals surface area contributed by atoms with E-state index in [0.29, 0.717) is 0 Å². The van der Waals surface area contributed by atoms with E-state index in [1.165, 1.54) is 19.5 Å². The van der Waals surface area contributed by atoms with Gasteiger partial charge in [0.15, 0.2) is 0 Å². The van der Waals surface area contributed by atoms with E-state index in [4.69, 9.17) is 0 Å². The highest BCUT2D eigenvalue weighted by molar-refractivity contribution is 5.32. The Hall–Kier alpha value is -1.46. The van der Waals surface area contributed by atoms with Crippen molar-refractivity contribution in [1.82, 2.24) is 10.2 Å². The summed E-state index contributed by atoms with van der Waals surface area (Å²) in [6.07, 6.45) is 2.21. The molecule has 1 aromatic rings. The molecule has 0 amide bonds. The van der Waals surface area contributed by atoms with Crippen molar-refractivity contribution in [3.63, 3.8) is 0 Å². The molecule has 5 heteroatoms. The molecule has 1 unspecified atom stereocenters. The van der Waals surface area contributed by atoms with E-state index in [2.05, 4.69) is 17.1 Å². The summed E-state index contributed by atoms with van der Waals surface area (Å²) in [6.45, 7) is 7.81. The Morgan fingerprint density at radius 1 is 1.40 bits per heavy atom. The van der Waals surface area contributed by atoms with Crippen LogP contribution < -0.4 is 5.32 Å². The Balaban J connectivity index is 1.65. The van der Waals surface area contributed by atoms with Crippen LogP contribution in [0.3, 0.4) is 0 Å². The van der Waals surface area contributed by atoms with Crippen LogP contribution >= 0.6 is 0 Å². The molecular weight excluding hydrogens is 254 g/mol. The van der Waals surface area contributed by atoms with E-state index in [1.54, 1.807) is 12.1 Å². The molecule has 1 heterocycles. The molecule has 5 nitrogen and oxygen atoms in total. The third kappa shape index (κ3) is 4.28. The fraction of sp³-hybridized carbons (Fsp3) is 0.600. The van der Waals surface area contributed by atoms with Crippen LogP contribution in [0.25, 0.3) is 0 Å². The minimum Gasteiger partial charge on any atom is -0.316 e. The number of nitro benzene ring substituents is 1. The molecule has 0 saturated carbocycles. The summed E-state index contributed by atoms with van der Waals surface area (Å²) in [5.74, 6) is 0.770. The monoisotopic (exact) mass is 277 g/mol. The fourth-order valence-electron chi connectivity index (χ4n) is 2.69. The Kier molecular flexibility index (Phi) is 5.49. The molecule has 0 aliphatic carbocycles. The van der Waals surface area contributed by atoms with E-state index >= 15 is 0 Å². The summed E-state index contributed by atoms with van der Waals surface area (Å²) in [7, 11) is 0. The van der Waals surface area contributed by atoms with Crippen molar-refractivity contribution >= 4 is 5.69 Å². The second-order valence-corrected chi connectivity index (χ2v) is 5.43. The lowest BCUT2D eigenvalue weighted by Crippen LogP contribution is -2.27. The van der Waals surface area contributed by atoms with Crippen LogP contribution in [0.5, 0.6) is 0 Å². The highest BCUT2D eigenvalue weighted by Gasteiger charge is 2.20. The second kappa shape index (κ2) is 7.36. The van der Waals surface area contributed by atoms with Crippen LogP contribution in [0.1, 0.15) is 18.9 Å². The topological polar surface area (TPSA) is 58.4 Å². The fourth-order valence-corrected chi connectivity index (χ4v) is 2.69. The molecule has 0 bridgehead atoms. The van der Waals surface area contributed by atoms with Gasteiger partial charge >= 0.3 is 0 Å². The molecular formula is C15H23N3O2. The van der Waals surface area contributed by atoms with Gasteiger partial charge in [0.25, 0.3) is 5.69 Å². The maximum Gasteiger partial charge on any atom is 0.269 e. The SMILES string of the molecule is CCN1CCC(CNCCc2ccc([N+](=O)[O-])cc2)C1. The number of non-ortho nitro benzene ring substituents is 1. The van der Waals surface area contributed by atoms with E-state index in [-0.39, 0.29) is 10.6 Å². The quantitative estimate of drug-likeness (QED) is 0.471. The number of hydrogen-bond acceptors (Lipinski definition) is 4. The van der Waals surface area contributed by atoms with Crippen LogP contribution in [0.2, 0.25) is 0 Å². The lowest BCUT2D eigenvalue weighted by atomic mass is 10.1. The van der Waals surface area contributed by atoms with Crippen LogP contribution in [0, 0.1) is 16.0 Å². The lowest BCUT2D eigenvalue weighted by molar-refractivity contribution is -0.384. The average molecular weight is 277 g/mol. The maximum absolute atomic E-state index is 10.6. The highest BCUT2D eigenvalue weighted by Crippen LogP contribution is 2.15. The van der Waals surface area contributed by atoms with Gasteiger partial charge in [-0.05, 0) is 50.5 Å². The third-order valence-electron chi connectivity index (χ3n) is 3.99. The average Bonchev–Trinajstić information content (AvgIpc) is 2.92. The van der Waals surface area contributed by atoms with E-state index in [9.17, 15) is 10.1 Å². The van der Waals surface area contributed by atoms with Crippen molar-refractivity contribution in [3.8, 4) is 0 Å². The van der Waals surface area contributed by atoms with Gasteiger partial charge in [-0.1, -0.05) is 19.1 Å². The lowest BCUT2D eigenvalue weighted by Gasteiger charge is -2.13. The van der Waals surface area contributed by atoms with Gasteiger partial charge in [-0.15, -0.1) is 0 Å². The molecule has 1 aliphatic heterocycles. The first-order valence-electron chi connectivity index (χ1n) is 7.35. The predicted octanol–water partition coefficient (Wildman–Crippen LogP) is 2.07. The molecule has 1 fully saturated rings. The number of benzene rings is 1. The minimum atomic E-state index is -0.360. The molecule has 1 saturated heterocycles. The first-order valence-corrected chi connectivity index (χ1v) is 7.35. The van der Waals surface area contributed by atoms with Gasteiger partial charge in [-0.2, -0.15) is 0 Å². The van der Waals surface area contributed by atoms with Crippen LogP contribution in [-0.4, -0.2) is 42.5 Å². The minimum absolute atomic E-state index is 0.160. The molecule has 20 heavy (non-hydrogen) atoms. The standard InChI is InChI=1S/C15H23N3O2/c1-2-17-10-8-14(12-17)11-16-9-7-13-3-5-15(6-4-13)18(19)20/h3-6,14,16H,2,7-12H2,1H3. The molecule has 0 radical (unpaired) electrons. The van der Waals surface area contributed by atoms with Crippen molar-refractivity contribution in [3.05, 3.63) is 39.9 Å². The predicted molar refractivity (Wildman–Crippen MR) is 79.9 cm³/mol. The van der Waals surface area contributed by atoms with Crippen molar-refractivity contribution < 1.29 is 4.92 Å². The number of nitrogens with zero attached hydrogens (tertiary/aromatic N) is 2. The highest BCUT2D eigenvalue weighted by atomic mass is 16.6. The van der Waals surface area contributed by atoms with Gasteiger partial charge in [0.1, 0.15) is 0 Å². The summed E-state index contributed by atoms with van der Waals surface area (Å²) in [4.78, 5) is 12.7. The summed E-state index contributed by atoms with van der Waals surface area (Å²) in [5, 5.41) is 14.1. The van der Waals surface area contributed by atoms with Gasteiger partial charge in [-0.25, -0.2) is 0 Å². The first-order chi connectivity index (χ1) is 9.69. The molecule has 1 N–H and O–H groups in total. The van der Waals surface area contributed by atoms with Gasteiger partial charge < -0.3 is 10.2 Å². The number of likely N-dealkylation sites (tertiary alicyclic amines) is 1. The summed E-state index contributed by atoms with van der Waals surface area (Å²) >= 11 is 0. The molecule has 0 aromatic heterocycles. The zero-order valence-electron chi connectivity index (χ0n) is 12.0. The van der Waals surface area contributed by atoms with Crippen LogP contribution in [0.15, 0.2) is 24.3 Å². The van der Waals surface area contributed by atoms with Crippen molar-refractivity contribution in [1.29, 1.82) is 0 Å². The zero-order chi connectivity index (χ0) is 14.4. The molecule has 110 valence electrons. The summed E-state index contributed by atoms with van der Waals surface area (Å²) < 4.78 is 0. The molecule has 1 aliphatic rings. The molecule has 2 rings (SSSR count). The third-order valence-corrected chi connectivity index (χ3v) is 3.99. The van der Waals surface area contributed by atoms with Crippen molar-refractivity contribution in [2.24, 2.45) is 5.92 Å². The zero-order valence-corrected chi connectivity index (χ0v) is 12.0. The Bertz CT molecular complexity index is 433. The van der Waals surface area contributed by atoms with Crippen LogP contribution in [0.4, 0.5) is 5.69 Å². The summed E-state index contributed by atoms with van der Waals surface area (Å²) in [6, 6.07) is 6.83.